The van der Waals surface area contributed by atoms with Gasteiger partial charge in [-0.25, -0.2) is 0 Å². The summed E-state index contributed by atoms with van der Waals surface area (Å²) >= 11 is 3.46. The molecule has 2 aromatic heterocycles. The van der Waals surface area contributed by atoms with E-state index in [1.807, 2.05) is 25.2 Å². The molecule has 0 bridgehead atoms. The van der Waals surface area contributed by atoms with Gasteiger partial charge in [0.1, 0.15) is 5.69 Å². The van der Waals surface area contributed by atoms with E-state index in [0.29, 0.717) is 11.7 Å². The van der Waals surface area contributed by atoms with Gasteiger partial charge in [-0.1, -0.05) is 33.2 Å². The molecule has 0 atom stereocenters. The fraction of sp³-hybridized carbons (Fsp3) is 0.294. The number of hydrogen-bond acceptors (Lipinski definition) is 4. The van der Waals surface area contributed by atoms with Crippen molar-refractivity contribution in [1.82, 2.24) is 14.7 Å². The fourth-order valence-electron chi connectivity index (χ4n) is 2.95. The average Bonchev–Trinajstić information content (AvgIpc) is 3.13. The van der Waals surface area contributed by atoms with Gasteiger partial charge in [-0.2, -0.15) is 4.98 Å². The minimum absolute atomic E-state index is 0.401. The van der Waals surface area contributed by atoms with Crippen LogP contribution >= 0.6 is 15.9 Å². The average molecular weight is 373 g/mol. The number of aromatic nitrogens is 3. The fourth-order valence-corrected chi connectivity index (χ4v) is 3.21. The molecule has 118 valence electrons. The summed E-state index contributed by atoms with van der Waals surface area (Å²) in [6.45, 7) is 0. The van der Waals surface area contributed by atoms with Crippen LogP contribution in [0.1, 0.15) is 25.1 Å². The molecule has 1 aliphatic rings. The van der Waals surface area contributed by atoms with Crippen molar-refractivity contribution < 1.29 is 4.52 Å². The lowest BCUT2D eigenvalue weighted by Crippen LogP contribution is -2.44. The van der Waals surface area contributed by atoms with E-state index in [-0.39, 0.29) is 0 Å². The molecule has 0 unspecified atom stereocenters. The molecule has 3 aromatic rings. The van der Waals surface area contributed by atoms with Crippen LogP contribution in [0, 0.1) is 0 Å². The molecule has 0 radical (unpaired) electrons. The molecule has 0 amide bonds. The van der Waals surface area contributed by atoms with Crippen molar-refractivity contribution in [3.8, 4) is 22.8 Å². The van der Waals surface area contributed by atoms with E-state index in [2.05, 4.69) is 48.8 Å². The maximum Gasteiger partial charge on any atom is 0.274 e. The first-order valence-corrected chi connectivity index (χ1v) is 8.41. The van der Waals surface area contributed by atoms with E-state index in [9.17, 15) is 0 Å². The molecule has 1 aliphatic carbocycles. The van der Waals surface area contributed by atoms with Crippen molar-refractivity contribution in [1.29, 1.82) is 0 Å². The van der Waals surface area contributed by atoms with E-state index in [1.165, 1.54) is 0 Å². The number of nitrogens with two attached hydrogens (primary N) is 1. The molecule has 2 heterocycles. The first-order chi connectivity index (χ1) is 11.1. The van der Waals surface area contributed by atoms with Crippen molar-refractivity contribution in [2.45, 2.75) is 24.8 Å². The molecule has 0 saturated heterocycles. The summed E-state index contributed by atoms with van der Waals surface area (Å²) in [7, 11) is 2.00. The molecule has 0 aliphatic heterocycles. The maximum atomic E-state index is 6.27. The lowest BCUT2D eigenvalue weighted by Gasteiger charge is -2.34. The highest BCUT2D eigenvalue weighted by Gasteiger charge is 2.39. The first kappa shape index (κ1) is 14.7. The predicted octanol–water partition coefficient (Wildman–Crippen LogP) is 3.84. The number of rotatable bonds is 3. The van der Waals surface area contributed by atoms with Crippen molar-refractivity contribution in [3.05, 3.63) is 46.7 Å². The highest BCUT2D eigenvalue weighted by Crippen LogP contribution is 2.38. The van der Waals surface area contributed by atoms with Gasteiger partial charge in [0.2, 0.25) is 0 Å². The predicted molar refractivity (Wildman–Crippen MR) is 91.6 cm³/mol. The van der Waals surface area contributed by atoms with Crippen molar-refractivity contribution in [2.24, 2.45) is 12.8 Å². The number of halogens is 1. The van der Waals surface area contributed by atoms with Gasteiger partial charge in [0, 0.05) is 17.2 Å². The smallest absolute Gasteiger partial charge is 0.274 e. The molecule has 4 rings (SSSR count). The summed E-state index contributed by atoms with van der Waals surface area (Å²) in [6, 6.07) is 12.3. The number of nitrogens with zero attached hydrogens (tertiary/aromatic N) is 3. The van der Waals surface area contributed by atoms with E-state index >= 15 is 0 Å². The molecule has 1 saturated carbocycles. The summed E-state index contributed by atoms with van der Waals surface area (Å²) in [5, 5.41) is 4.09. The SMILES string of the molecule is Cn1c(-c2ccc(Br)cc2)ccc1-c1nc(C2(N)CCC2)no1. The second kappa shape index (κ2) is 5.32. The van der Waals surface area contributed by atoms with Crippen LogP contribution in [0.15, 0.2) is 45.4 Å². The minimum Gasteiger partial charge on any atom is -0.340 e. The van der Waals surface area contributed by atoms with E-state index < -0.39 is 5.54 Å². The zero-order valence-electron chi connectivity index (χ0n) is 12.8. The monoisotopic (exact) mass is 372 g/mol. The quantitative estimate of drug-likeness (QED) is 0.757. The van der Waals surface area contributed by atoms with Crippen LogP contribution in [-0.4, -0.2) is 14.7 Å². The molecule has 1 aromatic carbocycles. The van der Waals surface area contributed by atoms with Crippen LogP contribution < -0.4 is 5.73 Å². The molecular weight excluding hydrogens is 356 g/mol. The summed E-state index contributed by atoms with van der Waals surface area (Å²) in [4.78, 5) is 4.53. The van der Waals surface area contributed by atoms with Gasteiger partial charge < -0.3 is 14.8 Å². The van der Waals surface area contributed by atoms with Gasteiger partial charge in [-0.3, -0.25) is 0 Å². The summed E-state index contributed by atoms with van der Waals surface area (Å²) in [6.07, 6.45) is 2.96. The lowest BCUT2D eigenvalue weighted by molar-refractivity contribution is 0.229. The first-order valence-electron chi connectivity index (χ1n) is 7.62. The van der Waals surface area contributed by atoms with Gasteiger partial charge in [0.05, 0.1) is 5.54 Å². The molecule has 1 fully saturated rings. The van der Waals surface area contributed by atoms with E-state index in [1.54, 1.807) is 0 Å². The highest BCUT2D eigenvalue weighted by atomic mass is 79.9. The van der Waals surface area contributed by atoms with Crippen LogP contribution in [-0.2, 0) is 12.6 Å². The topological polar surface area (TPSA) is 69.9 Å². The number of benzene rings is 1. The van der Waals surface area contributed by atoms with Gasteiger partial charge >= 0.3 is 0 Å². The van der Waals surface area contributed by atoms with Crippen LogP contribution in [0.3, 0.4) is 0 Å². The maximum absolute atomic E-state index is 6.27. The summed E-state index contributed by atoms with van der Waals surface area (Å²) < 4.78 is 8.57. The third-order valence-corrected chi connectivity index (χ3v) is 5.13. The Bertz CT molecular complexity index is 846. The summed E-state index contributed by atoms with van der Waals surface area (Å²) in [5.41, 5.74) is 8.99. The Hall–Kier alpha value is -1.92. The zero-order chi connectivity index (χ0) is 16.0. The Morgan fingerprint density at radius 1 is 1.13 bits per heavy atom. The molecule has 23 heavy (non-hydrogen) atoms. The van der Waals surface area contributed by atoms with Gasteiger partial charge in [-0.05, 0) is 49.1 Å². The Morgan fingerprint density at radius 2 is 1.83 bits per heavy atom. The third kappa shape index (κ3) is 2.42. The number of hydrogen-bond donors (Lipinski definition) is 1. The summed E-state index contributed by atoms with van der Waals surface area (Å²) in [5.74, 6) is 1.13. The van der Waals surface area contributed by atoms with Crippen LogP contribution in [0.25, 0.3) is 22.8 Å². The van der Waals surface area contributed by atoms with Gasteiger partial charge in [-0.15, -0.1) is 0 Å². The van der Waals surface area contributed by atoms with Crippen molar-refractivity contribution in [3.63, 3.8) is 0 Å². The van der Waals surface area contributed by atoms with E-state index in [4.69, 9.17) is 10.3 Å². The normalized spacial score (nSPS) is 16.3. The molecule has 6 heteroatoms. The van der Waals surface area contributed by atoms with Crippen LogP contribution in [0.4, 0.5) is 0 Å². The standard InChI is InChI=1S/C17H17BrN4O/c1-22-13(11-3-5-12(18)6-4-11)7-8-14(22)15-20-16(21-23-15)17(19)9-2-10-17/h3-8H,2,9-10,19H2,1H3. The van der Waals surface area contributed by atoms with Gasteiger partial charge in [0.15, 0.2) is 5.82 Å². The third-order valence-electron chi connectivity index (χ3n) is 4.60. The second-order valence-electron chi connectivity index (χ2n) is 6.10. The van der Waals surface area contributed by atoms with Crippen LogP contribution in [0.5, 0.6) is 0 Å². The minimum atomic E-state index is -0.401. The Labute approximate surface area is 142 Å². The van der Waals surface area contributed by atoms with Gasteiger partial charge in [0.25, 0.3) is 5.89 Å². The molecule has 0 spiro atoms. The van der Waals surface area contributed by atoms with Crippen molar-refractivity contribution in [2.75, 3.05) is 0 Å². The van der Waals surface area contributed by atoms with Crippen LogP contribution in [0.2, 0.25) is 0 Å². The second-order valence-corrected chi connectivity index (χ2v) is 7.02. The zero-order valence-corrected chi connectivity index (χ0v) is 14.4. The largest absolute Gasteiger partial charge is 0.340 e. The lowest BCUT2D eigenvalue weighted by atomic mass is 9.77. The highest BCUT2D eigenvalue weighted by molar-refractivity contribution is 9.10. The van der Waals surface area contributed by atoms with E-state index in [0.717, 1.165) is 40.7 Å². The Morgan fingerprint density at radius 3 is 2.48 bits per heavy atom. The molecular formula is C17H17BrN4O. The van der Waals surface area contributed by atoms with Crippen molar-refractivity contribution >= 4 is 15.9 Å². The Kier molecular flexibility index (Phi) is 3.39. The molecule has 2 N–H and O–H groups in total. The molecule has 5 nitrogen and oxygen atoms in total. The Balaban J connectivity index is 1.69.